The minimum absolute atomic E-state index is 0.292. The SMILES string of the molecule is COc1cccc2c1O[C@]1(C)[C@@H](C(=O)Nc3ccc(Cl)cc3)[C@@H]2NC(=S)N1c1cccc(F)c1. The lowest BCUT2D eigenvalue weighted by Crippen LogP contribution is -2.72. The Bertz CT molecular complexity index is 1290. The van der Waals surface area contributed by atoms with Crippen molar-refractivity contribution < 1.29 is 18.7 Å². The Morgan fingerprint density at radius 1 is 1.21 bits per heavy atom. The lowest BCUT2D eigenvalue weighted by molar-refractivity contribution is -0.130. The monoisotopic (exact) mass is 497 g/mol. The van der Waals surface area contributed by atoms with Crippen LogP contribution in [0.4, 0.5) is 15.8 Å². The second-order valence-corrected chi connectivity index (χ2v) is 9.07. The summed E-state index contributed by atoms with van der Waals surface area (Å²) in [6.45, 7) is 1.78. The predicted molar refractivity (Wildman–Crippen MR) is 133 cm³/mol. The van der Waals surface area contributed by atoms with Gasteiger partial charge in [-0.25, -0.2) is 4.39 Å². The first-order valence-corrected chi connectivity index (χ1v) is 11.4. The maximum atomic E-state index is 14.2. The summed E-state index contributed by atoms with van der Waals surface area (Å²) in [6, 6.07) is 17.8. The van der Waals surface area contributed by atoms with E-state index in [2.05, 4.69) is 10.6 Å². The van der Waals surface area contributed by atoms with E-state index in [1.54, 1.807) is 61.4 Å². The molecule has 0 saturated carbocycles. The molecule has 3 aromatic carbocycles. The van der Waals surface area contributed by atoms with Crippen molar-refractivity contribution in [3.05, 3.63) is 83.1 Å². The van der Waals surface area contributed by atoms with Gasteiger partial charge in [0.15, 0.2) is 22.3 Å². The molecule has 2 heterocycles. The molecule has 1 saturated heterocycles. The summed E-state index contributed by atoms with van der Waals surface area (Å²) in [4.78, 5) is 15.4. The fourth-order valence-electron chi connectivity index (χ4n) is 4.69. The summed E-state index contributed by atoms with van der Waals surface area (Å²) in [5.74, 6) is -0.456. The van der Waals surface area contributed by atoms with E-state index in [4.69, 9.17) is 33.3 Å². The van der Waals surface area contributed by atoms with Crippen LogP contribution in [0.1, 0.15) is 18.5 Å². The van der Waals surface area contributed by atoms with E-state index in [0.717, 1.165) is 5.56 Å². The summed E-state index contributed by atoms with van der Waals surface area (Å²) >= 11 is 11.7. The molecule has 0 spiro atoms. The number of anilines is 2. The van der Waals surface area contributed by atoms with Gasteiger partial charge in [0.1, 0.15) is 11.7 Å². The number of carbonyl (C=O) groups excluding carboxylic acids is 1. The number of halogens is 2. The number of rotatable bonds is 4. The topological polar surface area (TPSA) is 62.8 Å². The van der Waals surface area contributed by atoms with Crippen LogP contribution in [0.5, 0.6) is 11.5 Å². The Hall–Kier alpha value is -3.36. The molecule has 9 heteroatoms. The molecule has 1 fully saturated rings. The molecule has 5 rings (SSSR count). The van der Waals surface area contributed by atoms with Crippen molar-refractivity contribution in [2.24, 2.45) is 5.92 Å². The van der Waals surface area contributed by atoms with Gasteiger partial charge in [0.2, 0.25) is 5.91 Å². The largest absolute Gasteiger partial charge is 0.493 e. The minimum Gasteiger partial charge on any atom is -0.493 e. The van der Waals surface area contributed by atoms with Crippen LogP contribution in [0.15, 0.2) is 66.7 Å². The highest BCUT2D eigenvalue weighted by molar-refractivity contribution is 7.80. The van der Waals surface area contributed by atoms with Gasteiger partial charge in [-0.1, -0.05) is 29.8 Å². The zero-order valence-electron chi connectivity index (χ0n) is 18.3. The number of methoxy groups -OCH3 is 1. The molecule has 2 aliphatic rings. The molecule has 1 amide bonds. The van der Waals surface area contributed by atoms with Crippen molar-refractivity contribution in [3.63, 3.8) is 0 Å². The first-order valence-electron chi connectivity index (χ1n) is 10.6. The van der Waals surface area contributed by atoms with E-state index in [0.29, 0.717) is 33.0 Å². The highest BCUT2D eigenvalue weighted by Crippen LogP contribution is 2.52. The fourth-order valence-corrected chi connectivity index (χ4v) is 5.23. The molecule has 34 heavy (non-hydrogen) atoms. The van der Waals surface area contributed by atoms with Gasteiger partial charge in [-0.05, 0) is 67.7 Å². The fraction of sp³-hybridized carbons (Fsp3) is 0.200. The summed E-state index contributed by atoms with van der Waals surface area (Å²) in [5.41, 5.74) is 0.502. The Balaban J connectivity index is 1.65. The third-order valence-electron chi connectivity index (χ3n) is 6.17. The quantitative estimate of drug-likeness (QED) is 0.478. The molecule has 3 aromatic rings. The van der Waals surface area contributed by atoms with Crippen LogP contribution in [0.2, 0.25) is 5.02 Å². The van der Waals surface area contributed by atoms with E-state index < -0.39 is 23.5 Å². The van der Waals surface area contributed by atoms with Crippen molar-refractivity contribution in [1.82, 2.24) is 5.32 Å². The molecule has 3 atom stereocenters. The van der Waals surface area contributed by atoms with Gasteiger partial charge in [0.05, 0.1) is 13.2 Å². The molecule has 174 valence electrons. The van der Waals surface area contributed by atoms with Gasteiger partial charge < -0.3 is 20.1 Å². The first kappa shape index (κ1) is 22.4. The number of benzene rings is 3. The Kier molecular flexibility index (Phi) is 5.58. The lowest BCUT2D eigenvalue weighted by Gasteiger charge is -2.56. The normalized spacial score (nSPS) is 22.8. The number of carbonyl (C=O) groups is 1. The van der Waals surface area contributed by atoms with Crippen molar-refractivity contribution in [1.29, 1.82) is 0 Å². The highest BCUT2D eigenvalue weighted by Gasteiger charge is 2.59. The Morgan fingerprint density at radius 2 is 1.94 bits per heavy atom. The number of para-hydroxylation sites is 1. The third-order valence-corrected chi connectivity index (χ3v) is 6.72. The maximum absolute atomic E-state index is 14.2. The summed E-state index contributed by atoms with van der Waals surface area (Å²) < 4.78 is 26.3. The molecular weight excluding hydrogens is 477 g/mol. The maximum Gasteiger partial charge on any atom is 0.236 e. The molecule has 2 N–H and O–H groups in total. The number of thiocarbonyl (C=S) groups is 1. The van der Waals surface area contributed by atoms with Crippen LogP contribution < -0.4 is 25.0 Å². The van der Waals surface area contributed by atoms with Crippen LogP contribution in [0, 0.1) is 11.7 Å². The number of amides is 1. The van der Waals surface area contributed by atoms with E-state index in [-0.39, 0.29) is 5.91 Å². The standard InChI is InChI=1S/C25H21ClFN3O3S/c1-25-20(23(31)28-16-11-9-14(26)10-12-16)21(18-7-4-8-19(32-2)22(18)33-25)29-24(34)30(25)17-6-3-5-15(27)13-17/h3-13,20-21H,1-2H3,(H,28,31)(H,29,34)/t20-,21-,25-/m1/s1. The molecule has 6 nitrogen and oxygen atoms in total. The van der Waals surface area contributed by atoms with Gasteiger partial charge in [-0.2, -0.15) is 0 Å². The van der Waals surface area contributed by atoms with Crippen molar-refractivity contribution in [2.75, 3.05) is 17.3 Å². The molecule has 2 bridgehead atoms. The number of hydrogen-bond acceptors (Lipinski definition) is 4. The number of hydrogen-bond donors (Lipinski definition) is 2. The van der Waals surface area contributed by atoms with Gasteiger partial charge in [0, 0.05) is 22.0 Å². The first-order chi connectivity index (χ1) is 16.3. The van der Waals surface area contributed by atoms with Crippen LogP contribution in [-0.4, -0.2) is 23.9 Å². The lowest BCUT2D eigenvalue weighted by atomic mass is 9.78. The second-order valence-electron chi connectivity index (χ2n) is 8.25. The van der Waals surface area contributed by atoms with E-state index >= 15 is 0 Å². The van der Waals surface area contributed by atoms with Crippen molar-refractivity contribution >= 4 is 46.2 Å². The molecule has 2 aliphatic heterocycles. The number of fused-ring (bicyclic) bond motifs is 4. The van der Waals surface area contributed by atoms with Crippen LogP contribution in [0.25, 0.3) is 0 Å². The summed E-state index contributed by atoms with van der Waals surface area (Å²) in [6.07, 6.45) is 0. The summed E-state index contributed by atoms with van der Waals surface area (Å²) in [7, 11) is 1.55. The molecule has 0 unspecified atom stereocenters. The van der Waals surface area contributed by atoms with E-state index in [1.165, 1.54) is 12.1 Å². The van der Waals surface area contributed by atoms with Crippen molar-refractivity contribution in [3.8, 4) is 11.5 Å². The van der Waals surface area contributed by atoms with Gasteiger partial charge in [-0.15, -0.1) is 0 Å². The second kappa shape index (κ2) is 8.45. The van der Waals surface area contributed by atoms with E-state index in [9.17, 15) is 9.18 Å². The number of nitrogens with one attached hydrogen (secondary N) is 2. The zero-order valence-corrected chi connectivity index (χ0v) is 19.9. The third kappa shape index (κ3) is 3.63. The average Bonchev–Trinajstić information content (AvgIpc) is 2.79. The van der Waals surface area contributed by atoms with Crippen LogP contribution in [-0.2, 0) is 4.79 Å². The summed E-state index contributed by atoms with van der Waals surface area (Å²) in [5, 5.41) is 7.13. The Labute approximate surface area is 206 Å². The van der Waals surface area contributed by atoms with Crippen molar-refractivity contribution in [2.45, 2.75) is 18.7 Å². The zero-order chi connectivity index (χ0) is 24.0. The number of ether oxygens (including phenoxy) is 2. The minimum atomic E-state index is -1.29. The number of nitrogens with zero attached hydrogens (tertiary/aromatic N) is 1. The van der Waals surface area contributed by atoms with Crippen LogP contribution >= 0.6 is 23.8 Å². The van der Waals surface area contributed by atoms with E-state index in [1.807, 2.05) is 12.1 Å². The van der Waals surface area contributed by atoms with Gasteiger partial charge in [-0.3, -0.25) is 9.69 Å². The van der Waals surface area contributed by atoms with Crippen LogP contribution in [0.3, 0.4) is 0 Å². The average molecular weight is 498 g/mol. The molecule has 0 aliphatic carbocycles. The molecular formula is C25H21ClFN3O3S. The molecule has 0 radical (unpaired) electrons. The highest BCUT2D eigenvalue weighted by atomic mass is 35.5. The van der Waals surface area contributed by atoms with Gasteiger partial charge >= 0.3 is 0 Å². The smallest absolute Gasteiger partial charge is 0.236 e. The van der Waals surface area contributed by atoms with Gasteiger partial charge in [0.25, 0.3) is 0 Å². The Morgan fingerprint density at radius 3 is 2.65 bits per heavy atom. The predicted octanol–water partition coefficient (Wildman–Crippen LogP) is 5.29. The molecule has 0 aromatic heterocycles.